The number of nitrogens with zero attached hydrogens (tertiary/aromatic N) is 1. The maximum Gasteiger partial charge on any atom is 0.433 e. The van der Waals surface area contributed by atoms with Crippen LogP contribution in [0.5, 0.6) is 0 Å². The Morgan fingerprint density at radius 2 is 1.96 bits per heavy atom. The number of aromatic amines is 1. The average molecular weight is 403 g/mol. The smallest absolute Gasteiger partial charge is 0.433 e. The van der Waals surface area contributed by atoms with Gasteiger partial charge in [-0.15, -0.1) is 0 Å². The van der Waals surface area contributed by atoms with E-state index in [1.54, 1.807) is 6.07 Å². The maximum absolute atomic E-state index is 12.9. The highest BCUT2D eigenvalue weighted by Crippen LogP contribution is 2.33. The summed E-state index contributed by atoms with van der Waals surface area (Å²) >= 11 is 12.3. The minimum absolute atomic E-state index is 0.00511. The first kappa shape index (κ1) is 18.5. The van der Waals surface area contributed by atoms with Crippen molar-refractivity contribution in [2.75, 3.05) is 0 Å². The monoisotopic (exact) mass is 402 g/mol. The van der Waals surface area contributed by atoms with E-state index in [0.717, 1.165) is 6.07 Å². The first-order valence-electron chi connectivity index (χ1n) is 7.34. The molecule has 0 spiro atoms. The van der Waals surface area contributed by atoms with Crippen molar-refractivity contribution in [3.05, 3.63) is 62.5 Å². The van der Waals surface area contributed by atoms with E-state index in [2.05, 4.69) is 9.97 Å². The summed E-state index contributed by atoms with van der Waals surface area (Å²) in [6.07, 6.45) is -4.42. The van der Waals surface area contributed by atoms with Crippen LogP contribution in [0.4, 0.5) is 13.2 Å². The summed E-state index contributed by atoms with van der Waals surface area (Å²) in [4.78, 5) is 17.7. The SMILES string of the molecule is Cc1nc(C(F)(F)F)cc2[nH]c(Cc3c(Cl)ccc(C(=O)O)c3Cl)cc12. The molecule has 0 aliphatic carbocycles. The van der Waals surface area contributed by atoms with Gasteiger partial charge in [0.1, 0.15) is 5.69 Å². The summed E-state index contributed by atoms with van der Waals surface area (Å²) in [6, 6.07) is 5.30. The van der Waals surface area contributed by atoms with Crippen LogP contribution in [-0.4, -0.2) is 21.0 Å². The second kappa shape index (κ2) is 6.48. The van der Waals surface area contributed by atoms with Gasteiger partial charge in [-0.05, 0) is 36.8 Å². The third-order valence-electron chi connectivity index (χ3n) is 3.94. The topological polar surface area (TPSA) is 66.0 Å². The summed E-state index contributed by atoms with van der Waals surface area (Å²) in [7, 11) is 0. The first-order valence-corrected chi connectivity index (χ1v) is 8.10. The van der Waals surface area contributed by atoms with Gasteiger partial charge in [-0.1, -0.05) is 23.2 Å². The van der Waals surface area contributed by atoms with Gasteiger partial charge in [0, 0.05) is 33.7 Å². The molecule has 0 saturated heterocycles. The highest BCUT2D eigenvalue weighted by atomic mass is 35.5. The molecule has 0 aliphatic rings. The largest absolute Gasteiger partial charge is 0.478 e. The number of hydrogen-bond acceptors (Lipinski definition) is 2. The Morgan fingerprint density at radius 3 is 2.58 bits per heavy atom. The summed E-state index contributed by atoms with van der Waals surface area (Å²) in [5, 5.41) is 9.95. The maximum atomic E-state index is 12.9. The number of H-pyrrole nitrogens is 1. The molecule has 0 saturated carbocycles. The lowest BCUT2D eigenvalue weighted by molar-refractivity contribution is -0.141. The van der Waals surface area contributed by atoms with E-state index in [0.29, 0.717) is 16.6 Å². The Bertz CT molecular complexity index is 1030. The number of aryl methyl sites for hydroxylation is 1. The van der Waals surface area contributed by atoms with E-state index in [-0.39, 0.29) is 33.2 Å². The zero-order valence-electron chi connectivity index (χ0n) is 13.2. The van der Waals surface area contributed by atoms with E-state index in [4.69, 9.17) is 28.3 Å². The van der Waals surface area contributed by atoms with Crippen molar-refractivity contribution in [1.82, 2.24) is 9.97 Å². The molecule has 1 aromatic carbocycles. The van der Waals surface area contributed by atoms with Crippen molar-refractivity contribution < 1.29 is 23.1 Å². The molecule has 0 radical (unpaired) electrons. The molecular formula is C17H11Cl2F3N2O2. The van der Waals surface area contributed by atoms with Gasteiger partial charge in [0.25, 0.3) is 0 Å². The number of carboxylic acid groups (broad SMARTS) is 1. The second-order valence-corrected chi connectivity index (χ2v) is 6.50. The average Bonchev–Trinajstić information content (AvgIpc) is 2.93. The molecule has 26 heavy (non-hydrogen) atoms. The molecular weight excluding hydrogens is 392 g/mol. The van der Waals surface area contributed by atoms with Gasteiger partial charge in [-0.3, -0.25) is 0 Å². The van der Waals surface area contributed by atoms with E-state index >= 15 is 0 Å². The second-order valence-electron chi connectivity index (χ2n) is 5.72. The number of nitrogens with one attached hydrogen (secondary N) is 1. The van der Waals surface area contributed by atoms with Crippen LogP contribution in [0.2, 0.25) is 10.0 Å². The molecule has 4 nitrogen and oxygen atoms in total. The van der Waals surface area contributed by atoms with Gasteiger partial charge in [0.05, 0.1) is 10.6 Å². The number of hydrogen-bond donors (Lipinski definition) is 2. The number of fused-ring (bicyclic) bond motifs is 1. The van der Waals surface area contributed by atoms with Crippen molar-refractivity contribution in [1.29, 1.82) is 0 Å². The van der Waals surface area contributed by atoms with E-state index in [1.165, 1.54) is 19.1 Å². The highest BCUT2D eigenvalue weighted by Gasteiger charge is 2.33. The molecule has 2 aromatic heterocycles. The number of alkyl halides is 3. The fourth-order valence-electron chi connectivity index (χ4n) is 2.71. The van der Waals surface area contributed by atoms with Crippen LogP contribution in [0, 0.1) is 6.92 Å². The van der Waals surface area contributed by atoms with Crippen LogP contribution < -0.4 is 0 Å². The number of pyridine rings is 1. The number of rotatable bonds is 3. The zero-order chi connectivity index (χ0) is 19.2. The molecule has 9 heteroatoms. The van der Waals surface area contributed by atoms with E-state index in [9.17, 15) is 18.0 Å². The predicted octanol–water partition coefficient (Wildman–Crippen LogP) is 5.49. The van der Waals surface area contributed by atoms with E-state index < -0.39 is 17.8 Å². The molecule has 0 bridgehead atoms. The zero-order valence-corrected chi connectivity index (χ0v) is 14.7. The highest BCUT2D eigenvalue weighted by molar-refractivity contribution is 6.38. The van der Waals surface area contributed by atoms with Crippen molar-refractivity contribution in [3.63, 3.8) is 0 Å². The Kier molecular flexibility index (Phi) is 4.62. The van der Waals surface area contributed by atoms with Crippen LogP contribution in [-0.2, 0) is 12.6 Å². The summed E-state index contributed by atoms with van der Waals surface area (Å²) < 4.78 is 38.7. The molecule has 3 aromatic rings. The lowest BCUT2D eigenvalue weighted by atomic mass is 10.1. The predicted molar refractivity (Wildman–Crippen MR) is 92.1 cm³/mol. The Hall–Kier alpha value is -2.25. The van der Waals surface area contributed by atoms with Crippen molar-refractivity contribution >= 4 is 40.1 Å². The molecule has 2 N–H and O–H groups in total. The Balaban J connectivity index is 2.07. The minimum atomic E-state index is -4.55. The number of aromatic nitrogens is 2. The standard InChI is InChI=1S/C17H11Cl2F3N2O2/c1-7-10-4-8(24-13(10)6-14(23-7)17(20,21)22)5-11-12(18)3-2-9(15(11)19)16(25)26/h2-4,6,24H,5H2,1H3,(H,25,26). The summed E-state index contributed by atoms with van der Waals surface area (Å²) in [5.41, 5.74) is 0.339. The van der Waals surface area contributed by atoms with Gasteiger partial charge >= 0.3 is 12.1 Å². The number of carboxylic acids is 1. The third-order valence-corrected chi connectivity index (χ3v) is 4.72. The third kappa shape index (κ3) is 3.37. The van der Waals surface area contributed by atoms with Gasteiger partial charge in [0.2, 0.25) is 0 Å². The van der Waals surface area contributed by atoms with Crippen LogP contribution in [0.1, 0.15) is 33.0 Å². The number of aromatic carboxylic acids is 1. The Labute approximate surface area is 155 Å². The number of carbonyl (C=O) groups is 1. The number of halogens is 5. The van der Waals surface area contributed by atoms with Gasteiger partial charge in [-0.2, -0.15) is 13.2 Å². The molecule has 0 fully saturated rings. The fraction of sp³-hybridized carbons (Fsp3) is 0.176. The number of benzene rings is 1. The van der Waals surface area contributed by atoms with Crippen LogP contribution >= 0.6 is 23.2 Å². The lowest BCUT2D eigenvalue weighted by Gasteiger charge is -2.08. The first-order chi connectivity index (χ1) is 12.1. The summed E-state index contributed by atoms with van der Waals surface area (Å²) in [6.45, 7) is 1.49. The quantitative estimate of drug-likeness (QED) is 0.608. The van der Waals surface area contributed by atoms with Crippen LogP contribution in [0.15, 0.2) is 24.3 Å². The van der Waals surface area contributed by atoms with Crippen molar-refractivity contribution in [2.45, 2.75) is 19.5 Å². The molecule has 2 heterocycles. The normalized spacial score (nSPS) is 11.9. The molecule has 136 valence electrons. The molecule has 3 rings (SSSR count). The minimum Gasteiger partial charge on any atom is -0.478 e. The molecule has 0 unspecified atom stereocenters. The van der Waals surface area contributed by atoms with Gasteiger partial charge < -0.3 is 10.1 Å². The Morgan fingerprint density at radius 1 is 1.27 bits per heavy atom. The van der Waals surface area contributed by atoms with E-state index in [1.807, 2.05) is 0 Å². The lowest BCUT2D eigenvalue weighted by Crippen LogP contribution is -2.08. The van der Waals surface area contributed by atoms with Gasteiger partial charge in [-0.25, -0.2) is 9.78 Å². The van der Waals surface area contributed by atoms with Gasteiger partial charge in [0.15, 0.2) is 0 Å². The fourth-order valence-corrected chi connectivity index (χ4v) is 3.29. The molecule has 0 aliphatic heterocycles. The van der Waals surface area contributed by atoms with Crippen LogP contribution in [0.3, 0.4) is 0 Å². The summed E-state index contributed by atoms with van der Waals surface area (Å²) in [5.74, 6) is -1.19. The van der Waals surface area contributed by atoms with Crippen molar-refractivity contribution in [2.24, 2.45) is 0 Å². The van der Waals surface area contributed by atoms with Crippen molar-refractivity contribution in [3.8, 4) is 0 Å². The van der Waals surface area contributed by atoms with Crippen LogP contribution in [0.25, 0.3) is 10.9 Å². The molecule has 0 amide bonds. The molecule has 0 atom stereocenters.